The number of carbonyl (C=O) groups excluding carboxylic acids is 1. The van der Waals surface area contributed by atoms with E-state index in [1.165, 1.54) is 11.3 Å². The molecule has 0 aliphatic carbocycles. The summed E-state index contributed by atoms with van der Waals surface area (Å²) in [5, 5.41) is 0.692. The predicted molar refractivity (Wildman–Crippen MR) is 76.6 cm³/mol. The molecular formula is C13H11Cl2NOS. The van der Waals surface area contributed by atoms with E-state index in [1.54, 1.807) is 24.1 Å². The van der Waals surface area contributed by atoms with E-state index < -0.39 is 0 Å². The molecule has 0 radical (unpaired) electrons. The highest BCUT2D eigenvalue weighted by atomic mass is 35.5. The number of benzene rings is 1. The van der Waals surface area contributed by atoms with Crippen LogP contribution in [-0.2, 0) is 6.54 Å². The van der Waals surface area contributed by atoms with Crippen molar-refractivity contribution in [2.24, 2.45) is 0 Å². The van der Waals surface area contributed by atoms with Crippen molar-refractivity contribution in [2.45, 2.75) is 6.54 Å². The summed E-state index contributed by atoms with van der Waals surface area (Å²) in [4.78, 5) is 14.4. The van der Waals surface area contributed by atoms with Crippen LogP contribution in [0.3, 0.4) is 0 Å². The molecule has 1 amide bonds. The van der Waals surface area contributed by atoms with Crippen LogP contribution in [0.2, 0.25) is 9.36 Å². The molecule has 1 aromatic carbocycles. The van der Waals surface area contributed by atoms with Crippen molar-refractivity contribution in [3.8, 4) is 0 Å². The van der Waals surface area contributed by atoms with Crippen molar-refractivity contribution >= 4 is 40.4 Å². The number of hydrogen-bond donors (Lipinski definition) is 0. The molecule has 2 nitrogen and oxygen atoms in total. The fraction of sp³-hybridized carbons (Fsp3) is 0.154. The van der Waals surface area contributed by atoms with Crippen molar-refractivity contribution in [2.75, 3.05) is 7.05 Å². The zero-order valence-corrected chi connectivity index (χ0v) is 12.0. The van der Waals surface area contributed by atoms with Crippen LogP contribution >= 0.6 is 34.5 Å². The van der Waals surface area contributed by atoms with Crippen LogP contribution in [0.15, 0.2) is 36.4 Å². The molecule has 0 aliphatic rings. The van der Waals surface area contributed by atoms with E-state index in [9.17, 15) is 4.79 Å². The first-order valence-corrected chi connectivity index (χ1v) is 6.89. The zero-order valence-electron chi connectivity index (χ0n) is 9.69. The van der Waals surface area contributed by atoms with Gasteiger partial charge in [0.2, 0.25) is 0 Å². The summed E-state index contributed by atoms with van der Waals surface area (Å²) in [5.41, 5.74) is 1.04. The molecule has 0 bridgehead atoms. The lowest BCUT2D eigenvalue weighted by Gasteiger charge is -2.16. The number of rotatable bonds is 3. The Kier molecular flexibility index (Phi) is 4.27. The molecule has 0 N–H and O–H groups in total. The fourth-order valence-corrected chi connectivity index (χ4v) is 2.72. The molecule has 0 saturated heterocycles. The number of halogens is 2. The molecular weight excluding hydrogens is 289 g/mol. The lowest BCUT2D eigenvalue weighted by molar-refractivity contribution is 0.0790. The quantitative estimate of drug-likeness (QED) is 0.826. The Morgan fingerprint density at radius 1 is 1.17 bits per heavy atom. The summed E-state index contributed by atoms with van der Waals surface area (Å²) in [6.07, 6.45) is 0. The first kappa shape index (κ1) is 13.4. The van der Waals surface area contributed by atoms with Gasteiger partial charge in [-0.25, -0.2) is 0 Å². The Bertz CT molecular complexity index is 550. The third kappa shape index (κ3) is 3.25. The third-order valence-electron chi connectivity index (χ3n) is 2.46. The molecule has 0 atom stereocenters. The van der Waals surface area contributed by atoms with Gasteiger partial charge >= 0.3 is 0 Å². The minimum absolute atomic E-state index is 0.0261. The number of thiophene rings is 1. The zero-order chi connectivity index (χ0) is 13.1. The summed E-state index contributed by atoms with van der Waals surface area (Å²) in [5.74, 6) is -0.0261. The van der Waals surface area contributed by atoms with Crippen molar-refractivity contribution < 1.29 is 4.79 Å². The van der Waals surface area contributed by atoms with E-state index in [0.717, 1.165) is 5.56 Å². The molecule has 0 spiro atoms. The van der Waals surface area contributed by atoms with E-state index >= 15 is 0 Å². The van der Waals surface area contributed by atoms with Gasteiger partial charge in [0.1, 0.15) is 0 Å². The minimum Gasteiger partial charge on any atom is -0.337 e. The van der Waals surface area contributed by atoms with Gasteiger partial charge in [-0.3, -0.25) is 4.79 Å². The van der Waals surface area contributed by atoms with Gasteiger partial charge in [0.05, 0.1) is 9.21 Å². The topological polar surface area (TPSA) is 20.3 Å². The average Bonchev–Trinajstić information content (AvgIpc) is 2.78. The monoisotopic (exact) mass is 299 g/mol. The van der Waals surface area contributed by atoms with Crippen LogP contribution in [0.4, 0.5) is 0 Å². The molecule has 1 heterocycles. The van der Waals surface area contributed by atoms with Crippen LogP contribution in [0.5, 0.6) is 0 Å². The maximum absolute atomic E-state index is 12.1. The maximum Gasteiger partial charge on any atom is 0.264 e. The lowest BCUT2D eigenvalue weighted by atomic mass is 10.2. The molecule has 5 heteroatoms. The van der Waals surface area contributed by atoms with Gasteiger partial charge in [-0.05, 0) is 29.8 Å². The normalized spacial score (nSPS) is 10.4. The Morgan fingerprint density at radius 3 is 2.39 bits per heavy atom. The molecule has 94 valence electrons. The number of hydrogen-bond acceptors (Lipinski definition) is 2. The highest BCUT2D eigenvalue weighted by Gasteiger charge is 2.14. The largest absolute Gasteiger partial charge is 0.337 e. The summed E-state index contributed by atoms with van der Waals surface area (Å²) in [6.45, 7) is 0.547. The van der Waals surface area contributed by atoms with Crippen LogP contribution in [0.1, 0.15) is 15.2 Å². The number of amides is 1. The number of nitrogens with zero attached hydrogens (tertiary/aromatic N) is 1. The standard InChI is InChI=1S/C13H11Cl2NOS/c1-16(8-9-2-4-10(14)5-3-9)13(17)11-6-7-12(15)18-11/h2-7H,8H2,1H3. The molecule has 18 heavy (non-hydrogen) atoms. The van der Waals surface area contributed by atoms with E-state index in [0.29, 0.717) is 20.8 Å². The van der Waals surface area contributed by atoms with E-state index in [2.05, 4.69) is 0 Å². The van der Waals surface area contributed by atoms with Crippen molar-refractivity contribution in [1.82, 2.24) is 4.90 Å². The predicted octanol–water partition coefficient (Wildman–Crippen LogP) is 4.33. The Morgan fingerprint density at radius 2 is 1.83 bits per heavy atom. The number of carbonyl (C=O) groups is 1. The summed E-state index contributed by atoms with van der Waals surface area (Å²) in [7, 11) is 1.77. The average molecular weight is 300 g/mol. The molecule has 0 unspecified atom stereocenters. The third-order valence-corrected chi connectivity index (χ3v) is 3.93. The van der Waals surface area contributed by atoms with Gasteiger partial charge in [0, 0.05) is 18.6 Å². The fourth-order valence-electron chi connectivity index (χ4n) is 1.55. The molecule has 2 rings (SSSR count). The first-order chi connectivity index (χ1) is 8.56. The van der Waals surface area contributed by atoms with Gasteiger partial charge in [0.15, 0.2) is 0 Å². The van der Waals surface area contributed by atoms with Gasteiger partial charge in [-0.1, -0.05) is 35.3 Å². The lowest BCUT2D eigenvalue weighted by Crippen LogP contribution is -2.25. The second kappa shape index (κ2) is 5.74. The first-order valence-electron chi connectivity index (χ1n) is 5.31. The highest BCUT2D eigenvalue weighted by Crippen LogP contribution is 2.23. The Balaban J connectivity index is 2.05. The molecule has 1 aromatic heterocycles. The van der Waals surface area contributed by atoms with Gasteiger partial charge in [-0.15, -0.1) is 11.3 Å². The molecule has 2 aromatic rings. The molecule has 0 aliphatic heterocycles. The Hall–Kier alpha value is -1.03. The van der Waals surface area contributed by atoms with Gasteiger partial charge in [-0.2, -0.15) is 0 Å². The van der Waals surface area contributed by atoms with Gasteiger partial charge < -0.3 is 4.90 Å². The summed E-state index contributed by atoms with van der Waals surface area (Å²) in [6, 6.07) is 10.9. The molecule has 0 saturated carbocycles. The van der Waals surface area contributed by atoms with Crippen LogP contribution in [0, 0.1) is 0 Å². The van der Waals surface area contributed by atoms with Crippen molar-refractivity contribution in [3.05, 3.63) is 56.2 Å². The highest BCUT2D eigenvalue weighted by molar-refractivity contribution is 7.17. The summed E-state index contributed by atoms with van der Waals surface area (Å²) >= 11 is 12.9. The van der Waals surface area contributed by atoms with Crippen molar-refractivity contribution in [1.29, 1.82) is 0 Å². The van der Waals surface area contributed by atoms with Crippen molar-refractivity contribution in [3.63, 3.8) is 0 Å². The second-order valence-corrected chi connectivity index (χ2v) is 6.04. The molecule has 0 fully saturated rings. The minimum atomic E-state index is -0.0261. The van der Waals surface area contributed by atoms with E-state index in [4.69, 9.17) is 23.2 Å². The van der Waals surface area contributed by atoms with Crippen LogP contribution in [0.25, 0.3) is 0 Å². The van der Waals surface area contributed by atoms with Gasteiger partial charge in [0.25, 0.3) is 5.91 Å². The second-order valence-electron chi connectivity index (χ2n) is 3.89. The van der Waals surface area contributed by atoms with Crippen LogP contribution in [-0.4, -0.2) is 17.9 Å². The van der Waals surface area contributed by atoms with E-state index in [1.807, 2.05) is 24.3 Å². The van der Waals surface area contributed by atoms with E-state index in [-0.39, 0.29) is 5.91 Å². The smallest absolute Gasteiger partial charge is 0.264 e. The Labute approximate surface area is 120 Å². The van der Waals surface area contributed by atoms with Crippen LogP contribution < -0.4 is 0 Å². The SMILES string of the molecule is CN(Cc1ccc(Cl)cc1)C(=O)c1ccc(Cl)s1. The maximum atomic E-state index is 12.1. The summed E-state index contributed by atoms with van der Waals surface area (Å²) < 4.78 is 0.623.